The van der Waals surface area contributed by atoms with E-state index in [0.29, 0.717) is 25.8 Å². The second-order valence-corrected chi connectivity index (χ2v) is 7.80. The molecule has 1 N–H and O–H groups in total. The number of hydrazone groups is 1. The monoisotopic (exact) mass is 539 g/mol. The van der Waals surface area contributed by atoms with E-state index in [1.807, 2.05) is 0 Å². The van der Waals surface area contributed by atoms with Crippen molar-refractivity contribution in [3.63, 3.8) is 0 Å². The van der Waals surface area contributed by atoms with Crippen molar-refractivity contribution in [3.8, 4) is 5.75 Å². The third-order valence-corrected chi connectivity index (χ3v) is 5.21. The summed E-state index contributed by atoms with van der Waals surface area (Å²) < 4.78 is 20.8. The first-order chi connectivity index (χ1) is 14.0. The summed E-state index contributed by atoms with van der Waals surface area (Å²) >= 11 is 12.8. The lowest BCUT2D eigenvalue weighted by Crippen LogP contribution is -2.18. The first kappa shape index (κ1) is 21.4. The number of nitrogens with zero attached hydrogens (tertiary/aromatic N) is 2. The SMILES string of the molecule is O=C(NN=Cc1cc(Br)c(OCc2ccccc2F)c(Br)c1)c1cccnc1Cl. The molecule has 3 aromatic rings. The zero-order valence-corrected chi connectivity index (χ0v) is 18.6. The van der Waals surface area contributed by atoms with Gasteiger partial charge in [-0.1, -0.05) is 29.8 Å². The maximum Gasteiger partial charge on any atom is 0.274 e. The van der Waals surface area contributed by atoms with Gasteiger partial charge in [-0.05, 0) is 67.8 Å². The molecule has 0 spiro atoms. The van der Waals surface area contributed by atoms with Crippen LogP contribution in [0.4, 0.5) is 4.39 Å². The molecule has 0 unspecified atom stereocenters. The molecule has 0 aliphatic heterocycles. The second kappa shape index (κ2) is 9.96. The molecule has 0 aliphatic rings. The lowest BCUT2D eigenvalue weighted by Gasteiger charge is -2.11. The van der Waals surface area contributed by atoms with Crippen molar-refractivity contribution < 1.29 is 13.9 Å². The molecule has 0 saturated carbocycles. The highest BCUT2D eigenvalue weighted by molar-refractivity contribution is 9.11. The van der Waals surface area contributed by atoms with Gasteiger partial charge in [0, 0.05) is 11.8 Å². The highest BCUT2D eigenvalue weighted by Gasteiger charge is 2.11. The average molecular weight is 542 g/mol. The number of carbonyl (C=O) groups excluding carboxylic acids is 1. The molecule has 3 rings (SSSR count). The fourth-order valence-electron chi connectivity index (χ4n) is 2.34. The van der Waals surface area contributed by atoms with Gasteiger partial charge in [-0.3, -0.25) is 4.79 Å². The third kappa shape index (κ3) is 5.62. The van der Waals surface area contributed by atoms with Crippen LogP contribution in [0, 0.1) is 5.82 Å². The number of carbonyl (C=O) groups is 1. The maximum atomic E-state index is 13.7. The zero-order valence-electron chi connectivity index (χ0n) is 14.7. The van der Waals surface area contributed by atoms with Crippen molar-refractivity contribution in [1.29, 1.82) is 0 Å². The number of aromatic nitrogens is 1. The van der Waals surface area contributed by atoms with E-state index in [1.54, 1.807) is 42.5 Å². The minimum Gasteiger partial charge on any atom is -0.486 e. The molecule has 0 aliphatic carbocycles. The molecular weight excluding hydrogens is 528 g/mol. The Bertz CT molecular complexity index is 1060. The number of ether oxygens (including phenoxy) is 1. The second-order valence-electron chi connectivity index (χ2n) is 5.73. The van der Waals surface area contributed by atoms with Crippen LogP contribution in [0.1, 0.15) is 21.5 Å². The van der Waals surface area contributed by atoms with Gasteiger partial charge in [-0.2, -0.15) is 5.10 Å². The van der Waals surface area contributed by atoms with Gasteiger partial charge < -0.3 is 4.74 Å². The van der Waals surface area contributed by atoms with Gasteiger partial charge in [0.05, 0.1) is 20.7 Å². The van der Waals surface area contributed by atoms with Crippen molar-refractivity contribution in [3.05, 3.63) is 91.3 Å². The van der Waals surface area contributed by atoms with Crippen molar-refractivity contribution in [2.45, 2.75) is 6.61 Å². The Morgan fingerprint density at radius 1 is 1.21 bits per heavy atom. The minimum absolute atomic E-state index is 0.0826. The number of hydrogen-bond donors (Lipinski definition) is 1. The largest absolute Gasteiger partial charge is 0.486 e. The Hall–Kier alpha value is -2.29. The van der Waals surface area contributed by atoms with E-state index in [-0.39, 0.29) is 23.1 Å². The zero-order chi connectivity index (χ0) is 20.8. The van der Waals surface area contributed by atoms with Gasteiger partial charge in [-0.25, -0.2) is 14.8 Å². The van der Waals surface area contributed by atoms with E-state index in [0.717, 1.165) is 0 Å². The van der Waals surface area contributed by atoms with E-state index in [9.17, 15) is 9.18 Å². The van der Waals surface area contributed by atoms with E-state index in [4.69, 9.17) is 16.3 Å². The fourth-order valence-corrected chi connectivity index (χ4v) is 3.99. The Morgan fingerprint density at radius 2 is 1.93 bits per heavy atom. The summed E-state index contributed by atoms with van der Waals surface area (Å²) in [5, 5.41) is 4.03. The normalized spacial score (nSPS) is 10.9. The summed E-state index contributed by atoms with van der Waals surface area (Å²) in [6, 6.07) is 13.1. The molecule has 1 aromatic heterocycles. The van der Waals surface area contributed by atoms with Gasteiger partial charge in [0.15, 0.2) is 0 Å². The maximum absolute atomic E-state index is 13.7. The number of hydrogen-bond acceptors (Lipinski definition) is 4. The van der Waals surface area contributed by atoms with Crippen LogP contribution < -0.4 is 10.2 Å². The molecule has 2 aromatic carbocycles. The third-order valence-electron chi connectivity index (χ3n) is 3.73. The Morgan fingerprint density at radius 3 is 2.62 bits per heavy atom. The van der Waals surface area contributed by atoms with E-state index >= 15 is 0 Å². The molecule has 0 bridgehead atoms. The molecule has 1 amide bonds. The summed E-state index contributed by atoms with van der Waals surface area (Å²) in [4.78, 5) is 15.9. The molecule has 9 heteroatoms. The van der Waals surface area contributed by atoms with Gasteiger partial charge in [-0.15, -0.1) is 0 Å². The van der Waals surface area contributed by atoms with Crippen LogP contribution >= 0.6 is 43.5 Å². The van der Waals surface area contributed by atoms with Crippen LogP contribution in [-0.4, -0.2) is 17.1 Å². The summed E-state index contributed by atoms with van der Waals surface area (Å²) in [5.74, 6) is -0.271. The van der Waals surface area contributed by atoms with Crippen LogP contribution in [0.5, 0.6) is 5.75 Å². The summed E-state index contributed by atoms with van der Waals surface area (Å²) in [5.41, 5.74) is 3.77. The molecule has 0 saturated heterocycles. The van der Waals surface area contributed by atoms with Crippen LogP contribution in [0.15, 0.2) is 68.8 Å². The summed E-state index contributed by atoms with van der Waals surface area (Å²) in [6.45, 7) is 0.0826. The number of pyridine rings is 1. The van der Waals surface area contributed by atoms with Crippen molar-refractivity contribution >= 4 is 55.6 Å². The van der Waals surface area contributed by atoms with Crippen LogP contribution in [0.2, 0.25) is 5.15 Å². The minimum atomic E-state index is -0.470. The predicted octanol–water partition coefficient (Wildman–Crippen LogP) is 5.74. The number of halogens is 4. The number of benzene rings is 2. The quantitative estimate of drug-likeness (QED) is 0.246. The number of amides is 1. The molecule has 0 atom stereocenters. The molecule has 0 radical (unpaired) electrons. The summed E-state index contributed by atoms with van der Waals surface area (Å²) in [7, 11) is 0. The van der Waals surface area contributed by atoms with Crippen molar-refractivity contribution in [2.75, 3.05) is 0 Å². The van der Waals surface area contributed by atoms with Crippen LogP contribution in [0.3, 0.4) is 0 Å². The molecule has 1 heterocycles. The Labute approximate surface area is 188 Å². The van der Waals surface area contributed by atoms with Crippen molar-refractivity contribution in [2.24, 2.45) is 5.10 Å². The number of rotatable bonds is 6. The van der Waals surface area contributed by atoms with Crippen LogP contribution in [0.25, 0.3) is 0 Å². The molecule has 0 fully saturated rings. The molecule has 29 heavy (non-hydrogen) atoms. The van der Waals surface area contributed by atoms with E-state index in [1.165, 1.54) is 18.5 Å². The van der Waals surface area contributed by atoms with Gasteiger partial charge in [0.1, 0.15) is 23.3 Å². The van der Waals surface area contributed by atoms with Crippen LogP contribution in [-0.2, 0) is 6.61 Å². The van der Waals surface area contributed by atoms with E-state index in [2.05, 4.69) is 47.4 Å². The Balaban J connectivity index is 1.67. The fraction of sp³-hybridized carbons (Fsp3) is 0.0500. The van der Waals surface area contributed by atoms with Crippen molar-refractivity contribution in [1.82, 2.24) is 10.4 Å². The summed E-state index contributed by atoms with van der Waals surface area (Å²) in [6.07, 6.45) is 2.96. The predicted molar refractivity (Wildman–Crippen MR) is 117 cm³/mol. The van der Waals surface area contributed by atoms with Gasteiger partial charge >= 0.3 is 0 Å². The molecular formula is C20H13Br2ClFN3O2. The smallest absolute Gasteiger partial charge is 0.274 e. The molecule has 5 nitrogen and oxygen atoms in total. The Kier molecular flexibility index (Phi) is 7.35. The first-order valence-corrected chi connectivity index (χ1v) is 10.2. The van der Waals surface area contributed by atoms with Gasteiger partial charge in [0.25, 0.3) is 5.91 Å². The number of nitrogens with one attached hydrogen (secondary N) is 1. The first-order valence-electron chi connectivity index (χ1n) is 8.25. The van der Waals surface area contributed by atoms with E-state index < -0.39 is 5.91 Å². The highest BCUT2D eigenvalue weighted by Crippen LogP contribution is 2.35. The average Bonchev–Trinajstić information content (AvgIpc) is 2.69. The highest BCUT2D eigenvalue weighted by atomic mass is 79.9. The lowest BCUT2D eigenvalue weighted by molar-refractivity contribution is 0.0955. The molecule has 148 valence electrons. The standard InChI is InChI=1S/C20H13Br2ClFN3O2/c21-15-8-12(10-26-27-20(28)14-5-3-7-25-19(14)23)9-16(22)18(15)29-11-13-4-1-2-6-17(13)24/h1-10H,11H2,(H,27,28). The lowest BCUT2D eigenvalue weighted by atomic mass is 10.2. The topological polar surface area (TPSA) is 63.6 Å². The van der Waals surface area contributed by atoms with Gasteiger partial charge in [0.2, 0.25) is 0 Å².